The van der Waals surface area contributed by atoms with Gasteiger partial charge in [0.2, 0.25) is 0 Å². The molecule has 7 nitrogen and oxygen atoms in total. The molecule has 1 saturated heterocycles. The summed E-state index contributed by atoms with van der Waals surface area (Å²) in [5, 5.41) is 14.9. The molecule has 0 aliphatic carbocycles. The number of anilines is 3. The van der Waals surface area contributed by atoms with Gasteiger partial charge in [-0.25, -0.2) is 0 Å². The summed E-state index contributed by atoms with van der Waals surface area (Å²) in [5.74, 6) is -0.614. The fraction of sp³-hybridized carbons (Fsp3) is 0.192. The van der Waals surface area contributed by atoms with Gasteiger partial charge in [-0.2, -0.15) is 5.26 Å². The van der Waals surface area contributed by atoms with E-state index in [0.29, 0.717) is 33.1 Å². The molecule has 8 heteroatoms. The Morgan fingerprint density at radius 1 is 0.882 bits per heavy atom. The zero-order valence-corrected chi connectivity index (χ0v) is 19.5. The predicted octanol–water partition coefficient (Wildman–Crippen LogP) is 4.47. The van der Waals surface area contributed by atoms with Crippen molar-refractivity contribution in [2.75, 3.05) is 48.8 Å². The van der Waals surface area contributed by atoms with Crippen molar-refractivity contribution in [3.05, 3.63) is 88.4 Å². The van der Waals surface area contributed by atoms with Crippen molar-refractivity contribution in [2.45, 2.75) is 0 Å². The number of nitriles is 1. The molecule has 2 amide bonds. The third-order valence-electron chi connectivity index (χ3n) is 5.73. The van der Waals surface area contributed by atoms with Crippen molar-refractivity contribution < 1.29 is 9.59 Å². The number of piperazine rings is 1. The van der Waals surface area contributed by atoms with E-state index < -0.39 is 0 Å². The van der Waals surface area contributed by atoms with Gasteiger partial charge in [-0.05, 0) is 67.7 Å². The highest BCUT2D eigenvalue weighted by Crippen LogP contribution is 2.27. The number of hydrogen-bond donors (Lipinski definition) is 2. The monoisotopic (exact) mass is 473 g/mol. The lowest BCUT2D eigenvalue weighted by Crippen LogP contribution is -2.44. The smallest absolute Gasteiger partial charge is 0.255 e. The Hall–Kier alpha value is -3.86. The molecule has 1 heterocycles. The normalized spacial score (nSPS) is 13.7. The number of nitrogens with one attached hydrogen (secondary N) is 2. The van der Waals surface area contributed by atoms with E-state index in [0.717, 1.165) is 31.9 Å². The maximum Gasteiger partial charge on any atom is 0.255 e. The van der Waals surface area contributed by atoms with Crippen LogP contribution in [0.1, 0.15) is 26.3 Å². The summed E-state index contributed by atoms with van der Waals surface area (Å²) in [6, 6.07) is 20.8. The maximum absolute atomic E-state index is 13.0. The number of hydrogen-bond acceptors (Lipinski definition) is 5. The van der Waals surface area contributed by atoms with E-state index in [1.807, 2.05) is 24.3 Å². The zero-order valence-electron chi connectivity index (χ0n) is 18.7. The van der Waals surface area contributed by atoms with Crippen LogP contribution in [0.2, 0.25) is 5.02 Å². The average molecular weight is 474 g/mol. The molecule has 0 aromatic heterocycles. The third kappa shape index (κ3) is 5.54. The van der Waals surface area contributed by atoms with Gasteiger partial charge in [-0.1, -0.05) is 17.7 Å². The summed E-state index contributed by atoms with van der Waals surface area (Å²) in [6.07, 6.45) is 0. The maximum atomic E-state index is 13.0. The fourth-order valence-corrected chi connectivity index (χ4v) is 3.87. The summed E-state index contributed by atoms with van der Waals surface area (Å²) in [4.78, 5) is 30.0. The molecule has 0 unspecified atom stereocenters. The summed E-state index contributed by atoms with van der Waals surface area (Å²) >= 11 is 6.31. The predicted molar refractivity (Wildman–Crippen MR) is 135 cm³/mol. The van der Waals surface area contributed by atoms with Crippen LogP contribution in [-0.4, -0.2) is 49.9 Å². The molecule has 0 atom stereocenters. The van der Waals surface area contributed by atoms with Crippen LogP contribution in [0.25, 0.3) is 0 Å². The zero-order chi connectivity index (χ0) is 24.1. The lowest BCUT2D eigenvalue weighted by Gasteiger charge is -2.34. The first-order chi connectivity index (χ1) is 16.4. The van der Waals surface area contributed by atoms with Crippen LogP contribution < -0.4 is 15.5 Å². The van der Waals surface area contributed by atoms with Gasteiger partial charge in [0.05, 0.1) is 22.3 Å². The van der Waals surface area contributed by atoms with Crippen LogP contribution in [0.5, 0.6) is 0 Å². The highest BCUT2D eigenvalue weighted by molar-refractivity contribution is 6.34. The summed E-state index contributed by atoms with van der Waals surface area (Å²) < 4.78 is 0. The first-order valence-corrected chi connectivity index (χ1v) is 11.3. The summed E-state index contributed by atoms with van der Waals surface area (Å²) in [7, 11) is 2.10. The van der Waals surface area contributed by atoms with Gasteiger partial charge in [0.25, 0.3) is 11.8 Å². The van der Waals surface area contributed by atoms with Crippen molar-refractivity contribution in [2.24, 2.45) is 0 Å². The van der Waals surface area contributed by atoms with E-state index in [1.165, 1.54) is 0 Å². The molecule has 3 aromatic carbocycles. The van der Waals surface area contributed by atoms with Gasteiger partial charge in [0, 0.05) is 48.7 Å². The molecule has 0 spiro atoms. The lowest BCUT2D eigenvalue weighted by atomic mass is 10.1. The average Bonchev–Trinajstić information content (AvgIpc) is 2.86. The molecule has 1 aliphatic rings. The van der Waals surface area contributed by atoms with E-state index in [-0.39, 0.29) is 11.8 Å². The van der Waals surface area contributed by atoms with Gasteiger partial charge < -0.3 is 20.4 Å². The molecular formula is C26H24ClN5O2. The third-order valence-corrected chi connectivity index (χ3v) is 6.05. The standard InChI is InChI=1S/C26H24ClN5O2/c1-31-11-13-32(14-12-31)22-4-2-3-20(15-22)26(34)30-24-16-21(9-10-23(24)27)29-25(33)19-7-5-18(17-28)6-8-19/h2-10,15-16H,11-14H2,1H3,(H,29,33)(H,30,34). The Kier molecular flexibility index (Phi) is 7.12. The molecule has 0 bridgehead atoms. The van der Waals surface area contributed by atoms with Crippen molar-refractivity contribution in [1.29, 1.82) is 5.26 Å². The van der Waals surface area contributed by atoms with Crippen molar-refractivity contribution in [3.63, 3.8) is 0 Å². The first-order valence-electron chi connectivity index (χ1n) is 10.9. The Morgan fingerprint density at radius 2 is 1.59 bits per heavy atom. The number of rotatable bonds is 5. The number of carbonyl (C=O) groups is 2. The van der Waals surface area contributed by atoms with Crippen LogP contribution >= 0.6 is 11.6 Å². The number of carbonyl (C=O) groups excluding carboxylic acids is 2. The minimum absolute atomic E-state index is 0.284. The van der Waals surface area contributed by atoms with Crippen LogP contribution in [0.15, 0.2) is 66.7 Å². The molecule has 0 radical (unpaired) electrons. The molecule has 1 aliphatic heterocycles. The van der Waals surface area contributed by atoms with Gasteiger partial charge in [0.15, 0.2) is 0 Å². The SMILES string of the molecule is CN1CCN(c2cccc(C(=O)Nc3cc(NC(=O)c4ccc(C#N)cc4)ccc3Cl)c2)CC1. The minimum Gasteiger partial charge on any atom is -0.369 e. The number of benzene rings is 3. The number of halogens is 1. The highest BCUT2D eigenvalue weighted by Gasteiger charge is 2.16. The van der Waals surface area contributed by atoms with Crippen LogP contribution in [0, 0.1) is 11.3 Å². The van der Waals surface area contributed by atoms with Gasteiger partial charge in [0.1, 0.15) is 0 Å². The topological polar surface area (TPSA) is 88.5 Å². The van der Waals surface area contributed by atoms with Gasteiger partial charge in [-0.3, -0.25) is 9.59 Å². The summed E-state index contributed by atoms with van der Waals surface area (Å²) in [5.41, 5.74) is 3.31. The molecular weight excluding hydrogens is 450 g/mol. The van der Waals surface area contributed by atoms with E-state index in [2.05, 4.69) is 27.5 Å². The molecule has 2 N–H and O–H groups in total. The van der Waals surface area contributed by atoms with Crippen LogP contribution in [0.4, 0.5) is 17.1 Å². The van der Waals surface area contributed by atoms with Crippen molar-refractivity contribution in [1.82, 2.24) is 4.90 Å². The minimum atomic E-state index is -0.330. The van der Waals surface area contributed by atoms with Crippen LogP contribution in [-0.2, 0) is 0 Å². The number of nitrogens with zero attached hydrogens (tertiary/aromatic N) is 3. The first kappa shape index (κ1) is 23.3. The molecule has 34 heavy (non-hydrogen) atoms. The quantitative estimate of drug-likeness (QED) is 0.570. The Bertz CT molecular complexity index is 1240. The molecule has 1 fully saturated rings. The molecule has 172 valence electrons. The fourth-order valence-electron chi connectivity index (χ4n) is 3.70. The van der Waals surface area contributed by atoms with Crippen molar-refractivity contribution in [3.8, 4) is 6.07 Å². The largest absolute Gasteiger partial charge is 0.369 e. The Morgan fingerprint density at radius 3 is 2.29 bits per heavy atom. The van der Waals surface area contributed by atoms with Crippen molar-refractivity contribution >= 4 is 40.5 Å². The van der Waals surface area contributed by atoms with E-state index in [1.54, 1.807) is 48.5 Å². The molecule has 0 saturated carbocycles. The highest BCUT2D eigenvalue weighted by atomic mass is 35.5. The van der Waals surface area contributed by atoms with Gasteiger partial charge >= 0.3 is 0 Å². The Labute approximate surface area is 203 Å². The molecule has 3 aromatic rings. The second kappa shape index (κ2) is 10.4. The lowest BCUT2D eigenvalue weighted by molar-refractivity contribution is 0.101. The van der Waals surface area contributed by atoms with E-state index in [9.17, 15) is 9.59 Å². The number of likely N-dealkylation sites (N-methyl/N-ethyl adjacent to an activating group) is 1. The van der Waals surface area contributed by atoms with E-state index >= 15 is 0 Å². The van der Waals surface area contributed by atoms with E-state index in [4.69, 9.17) is 16.9 Å². The number of amides is 2. The second-order valence-corrected chi connectivity index (χ2v) is 8.54. The molecule has 4 rings (SSSR count). The second-order valence-electron chi connectivity index (χ2n) is 8.13. The Balaban J connectivity index is 1.46. The van der Waals surface area contributed by atoms with Gasteiger partial charge in [-0.15, -0.1) is 0 Å². The summed E-state index contributed by atoms with van der Waals surface area (Å²) in [6.45, 7) is 3.78. The van der Waals surface area contributed by atoms with Crippen LogP contribution in [0.3, 0.4) is 0 Å².